The van der Waals surface area contributed by atoms with Gasteiger partial charge in [0.1, 0.15) is 11.6 Å². The zero-order chi connectivity index (χ0) is 27.1. The molecule has 1 saturated heterocycles. The predicted molar refractivity (Wildman–Crippen MR) is 148 cm³/mol. The summed E-state index contributed by atoms with van der Waals surface area (Å²) in [5, 5.41) is 1.50. The molecule has 5 rings (SSSR count). The molecule has 2 atom stereocenters. The molecule has 1 aliphatic heterocycles. The number of nitrogens with zero attached hydrogens (tertiary/aromatic N) is 4. The highest BCUT2D eigenvalue weighted by Crippen LogP contribution is 2.37. The molecule has 202 valence electrons. The Balaban J connectivity index is 1.47. The van der Waals surface area contributed by atoms with Crippen LogP contribution in [0.1, 0.15) is 62.4 Å². The molecular formula is C30H36ClFN4O2. The summed E-state index contributed by atoms with van der Waals surface area (Å²) in [7, 11) is 1.73. The Kier molecular flexibility index (Phi) is 7.60. The van der Waals surface area contributed by atoms with Gasteiger partial charge in [-0.1, -0.05) is 18.5 Å². The van der Waals surface area contributed by atoms with E-state index in [0.29, 0.717) is 39.9 Å². The molecule has 2 fully saturated rings. The summed E-state index contributed by atoms with van der Waals surface area (Å²) in [5.41, 5.74) is 2.82. The number of rotatable bonds is 8. The summed E-state index contributed by atoms with van der Waals surface area (Å²) in [4.78, 5) is 33.4. The molecule has 1 amide bonds. The largest absolute Gasteiger partial charge is 0.339 e. The average Bonchev–Trinajstić information content (AvgIpc) is 3.48. The molecule has 6 nitrogen and oxygen atoms in total. The average molecular weight is 539 g/mol. The second-order valence-corrected chi connectivity index (χ2v) is 11.7. The molecule has 8 heteroatoms. The maximum absolute atomic E-state index is 14.3. The maximum Gasteiger partial charge on any atom is 0.256 e. The Morgan fingerprint density at radius 3 is 2.71 bits per heavy atom. The van der Waals surface area contributed by atoms with Gasteiger partial charge in [0.05, 0.1) is 28.0 Å². The van der Waals surface area contributed by atoms with Crippen molar-refractivity contribution in [1.82, 2.24) is 19.4 Å². The Morgan fingerprint density at radius 1 is 1.26 bits per heavy atom. The monoisotopic (exact) mass is 538 g/mol. The third-order valence-electron chi connectivity index (χ3n) is 8.53. The minimum absolute atomic E-state index is 0.0259. The summed E-state index contributed by atoms with van der Waals surface area (Å²) in [6, 6.07) is 4.80. The molecule has 1 aliphatic carbocycles. The van der Waals surface area contributed by atoms with Crippen LogP contribution in [0.15, 0.2) is 36.8 Å². The standard InChI is InChI=1S/C30H36ClFN4O2/c1-5-26(20-11-23(37)12-20)35-9-8-19(16-35)10-21-17-36(28-15-33-14-25(31)29(21)28)27-7-6-22(32)13-24(27)30(38)34(4)18(2)3/h6-7,13-15,17-20,26H,5,8-12,16H2,1-4H3/t19?,26-/m0/s1. The van der Waals surface area contributed by atoms with Gasteiger partial charge in [0.15, 0.2) is 0 Å². The van der Waals surface area contributed by atoms with Crippen LogP contribution in [0.4, 0.5) is 4.39 Å². The molecule has 3 aromatic rings. The quantitative estimate of drug-likeness (QED) is 0.357. The first kappa shape index (κ1) is 26.8. The highest BCUT2D eigenvalue weighted by Gasteiger charge is 2.38. The first-order valence-electron chi connectivity index (χ1n) is 13.6. The van der Waals surface area contributed by atoms with Crippen LogP contribution in [0.5, 0.6) is 0 Å². The second kappa shape index (κ2) is 10.8. The van der Waals surface area contributed by atoms with Gasteiger partial charge in [0.25, 0.3) is 5.91 Å². The van der Waals surface area contributed by atoms with Gasteiger partial charge in [0.2, 0.25) is 0 Å². The number of ketones is 1. The molecule has 3 heterocycles. The van der Waals surface area contributed by atoms with Crippen molar-refractivity contribution in [2.45, 2.75) is 65.0 Å². The molecule has 0 radical (unpaired) electrons. The highest BCUT2D eigenvalue weighted by atomic mass is 35.5. The van der Waals surface area contributed by atoms with Crippen LogP contribution in [0.3, 0.4) is 0 Å². The van der Waals surface area contributed by atoms with Crippen molar-refractivity contribution < 1.29 is 14.0 Å². The van der Waals surface area contributed by atoms with Gasteiger partial charge in [-0.25, -0.2) is 4.39 Å². The van der Waals surface area contributed by atoms with Crippen molar-refractivity contribution in [1.29, 1.82) is 0 Å². The van der Waals surface area contributed by atoms with E-state index in [-0.39, 0.29) is 11.9 Å². The van der Waals surface area contributed by atoms with Gasteiger partial charge in [-0.3, -0.25) is 19.5 Å². The SMILES string of the molecule is CC[C@@H](C1CC(=O)C1)N1CCC(Cc2cn(-c3ccc(F)cc3C(=O)N(C)C(C)C)c3cncc(Cl)c23)C1. The van der Waals surface area contributed by atoms with Crippen LogP contribution in [0.2, 0.25) is 5.02 Å². The van der Waals surface area contributed by atoms with E-state index in [1.807, 2.05) is 24.6 Å². The molecule has 0 N–H and O–H groups in total. The number of hydrogen-bond acceptors (Lipinski definition) is 4. The van der Waals surface area contributed by atoms with E-state index in [0.717, 1.165) is 61.7 Å². The van der Waals surface area contributed by atoms with Crippen molar-refractivity contribution in [3.63, 3.8) is 0 Å². The van der Waals surface area contributed by atoms with Crippen molar-refractivity contribution in [3.8, 4) is 5.69 Å². The molecule has 1 unspecified atom stereocenters. The molecule has 1 aromatic carbocycles. The van der Waals surface area contributed by atoms with Crippen molar-refractivity contribution in [3.05, 3.63) is 58.8 Å². The van der Waals surface area contributed by atoms with E-state index in [9.17, 15) is 14.0 Å². The number of carbonyl (C=O) groups is 2. The summed E-state index contributed by atoms with van der Waals surface area (Å²) < 4.78 is 16.3. The van der Waals surface area contributed by atoms with E-state index in [2.05, 4.69) is 16.8 Å². The summed E-state index contributed by atoms with van der Waals surface area (Å²) in [6.45, 7) is 8.12. The minimum atomic E-state index is -0.452. The van der Waals surface area contributed by atoms with Gasteiger partial charge in [-0.05, 0) is 75.3 Å². The van der Waals surface area contributed by atoms with E-state index in [4.69, 9.17) is 11.6 Å². The lowest BCUT2D eigenvalue weighted by Gasteiger charge is -2.38. The first-order valence-corrected chi connectivity index (χ1v) is 14.0. The fourth-order valence-electron chi connectivity index (χ4n) is 6.21. The van der Waals surface area contributed by atoms with Crippen molar-refractivity contribution in [2.24, 2.45) is 11.8 Å². The molecule has 0 bridgehead atoms. The van der Waals surface area contributed by atoms with Crippen LogP contribution in [0, 0.1) is 17.7 Å². The molecule has 38 heavy (non-hydrogen) atoms. The Labute approximate surface area is 228 Å². The molecule has 1 saturated carbocycles. The summed E-state index contributed by atoms with van der Waals surface area (Å²) >= 11 is 6.70. The van der Waals surface area contributed by atoms with Crippen molar-refractivity contribution >= 4 is 34.2 Å². The normalized spacial score (nSPS) is 19.3. The van der Waals surface area contributed by atoms with Crippen molar-refractivity contribution in [2.75, 3.05) is 20.1 Å². The minimum Gasteiger partial charge on any atom is -0.339 e. The Hall–Kier alpha value is -2.77. The van der Waals surface area contributed by atoms with Gasteiger partial charge in [0, 0.05) is 56.3 Å². The fourth-order valence-corrected chi connectivity index (χ4v) is 6.49. The number of pyridine rings is 1. The number of carbonyl (C=O) groups excluding carboxylic acids is 2. The first-order chi connectivity index (χ1) is 18.2. The number of Topliss-reactive ketones (excluding diaryl/α,β-unsaturated/α-hetero) is 1. The predicted octanol–water partition coefficient (Wildman–Crippen LogP) is 5.92. The molecule has 2 aromatic heterocycles. The molecule has 0 spiro atoms. The second-order valence-electron chi connectivity index (χ2n) is 11.2. The number of aromatic nitrogens is 2. The fraction of sp³-hybridized carbons (Fsp3) is 0.500. The van der Waals surface area contributed by atoms with Gasteiger partial charge < -0.3 is 9.47 Å². The summed E-state index contributed by atoms with van der Waals surface area (Å²) in [5.74, 6) is 0.654. The number of benzene rings is 1. The lowest BCUT2D eigenvalue weighted by Crippen LogP contribution is -2.44. The molecular weight excluding hydrogens is 503 g/mol. The third-order valence-corrected chi connectivity index (χ3v) is 8.81. The zero-order valence-electron chi connectivity index (χ0n) is 22.6. The van der Waals surface area contributed by atoms with Gasteiger partial charge in [-0.15, -0.1) is 0 Å². The maximum atomic E-state index is 14.3. The van der Waals surface area contributed by atoms with Crippen LogP contribution in [-0.2, 0) is 11.2 Å². The lowest BCUT2D eigenvalue weighted by molar-refractivity contribution is -0.128. The van der Waals surface area contributed by atoms with E-state index in [1.54, 1.807) is 30.4 Å². The van der Waals surface area contributed by atoms with E-state index in [1.165, 1.54) is 12.1 Å². The number of hydrogen-bond donors (Lipinski definition) is 0. The van der Waals surface area contributed by atoms with Crippen LogP contribution in [-0.4, -0.2) is 63.3 Å². The Bertz CT molecular complexity index is 1360. The van der Waals surface area contributed by atoms with Crippen LogP contribution < -0.4 is 0 Å². The number of fused-ring (bicyclic) bond motifs is 1. The highest BCUT2D eigenvalue weighted by molar-refractivity contribution is 6.35. The topological polar surface area (TPSA) is 58.4 Å². The third kappa shape index (κ3) is 4.98. The van der Waals surface area contributed by atoms with Gasteiger partial charge >= 0.3 is 0 Å². The molecule has 2 aliphatic rings. The van der Waals surface area contributed by atoms with Crippen LogP contribution >= 0.6 is 11.6 Å². The summed E-state index contributed by atoms with van der Waals surface area (Å²) in [6.07, 6.45) is 9.90. The zero-order valence-corrected chi connectivity index (χ0v) is 23.3. The Morgan fingerprint density at radius 2 is 2.03 bits per heavy atom. The van der Waals surface area contributed by atoms with E-state index < -0.39 is 5.82 Å². The van der Waals surface area contributed by atoms with Gasteiger partial charge in [-0.2, -0.15) is 0 Å². The lowest BCUT2D eigenvalue weighted by atomic mass is 9.77. The number of likely N-dealkylation sites (tertiary alicyclic amines) is 1. The van der Waals surface area contributed by atoms with E-state index >= 15 is 0 Å². The van der Waals surface area contributed by atoms with Crippen LogP contribution in [0.25, 0.3) is 16.6 Å². The smallest absolute Gasteiger partial charge is 0.256 e. The number of halogens is 2. The number of amides is 1.